The van der Waals surface area contributed by atoms with Crippen LogP contribution in [0, 0.1) is 0 Å². The molecule has 0 radical (unpaired) electrons. The topological polar surface area (TPSA) is 216 Å². The lowest BCUT2D eigenvalue weighted by molar-refractivity contribution is -0.308. The molecule has 0 amide bonds. The Morgan fingerprint density at radius 1 is 0.880 bits per heavy atom. The van der Waals surface area contributed by atoms with E-state index in [4.69, 9.17) is 25.1 Å². The van der Waals surface area contributed by atoms with Gasteiger partial charge in [-0.05, 0) is 0 Å². The van der Waals surface area contributed by atoms with E-state index in [-0.39, 0.29) is 0 Å². The van der Waals surface area contributed by atoms with Crippen LogP contribution >= 0.6 is 0 Å². The Hall–Kier alpha value is -0.480. The van der Waals surface area contributed by atoms with Crippen molar-refractivity contribution in [1.82, 2.24) is 0 Å². The van der Waals surface area contributed by atoms with Gasteiger partial charge in [-0.25, -0.2) is 0 Å². The lowest BCUT2D eigenvalue weighted by atomic mass is 9.95. The Kier molecular flexibility index (Phi) is 7.06. The van der Waals surface area contributed by atoms with E-state index < -0.39 is 80.7 Å². The molecule has 12 heteroatoms. The van der Waals surface area contributed by atoms with Gasteiger partial charge in [-0.1, -0.05) is 0 Å². The van der Waals surface area contributed by atoms with Crippen LogP contribution in [0.3, 0.4) is 0 Å². The summed E-state index contributed by atoms with van der Waals surface area (Å²) < 4.78 is 15.3. The summed E-state index contributed by atoms with van der Waals surface area (Å²) in [5.74, 6) is 0. The maximum Gasteiger partial charge on any atom is 0.184 e. The third-order valence-electron chi connectivity index (χ3n) is 4.36. The van der Waals surface area contributed by atoms with Gasteiger partial charge in [0.15, 0.2) is 12.6 Å². The van der Waals surface area contributed by atoms with E-state index in [9.17, 15) is 35.7 Å². The van der Waals surface area contributed by atoms with Gasteiger partial charge >= 0.3 is 0 Å². The fraction of sp³-hybridized carbons (Fsp3) is 1.00. The summed E-state index contributed by atoms with van der Waals surface area (Å²) >= 11 is 0. The SMILES string of the molecule is N[C@H]1[C@H](OCC(O)[C@H]2O[C@H](O)[C@@H](O)[C@@H](O)[C@@H]2O)O[C@H](CO)[C@@H](O)[C@@H]1O. The quantitative estimate of drug-likeness (QED) is 0.221. The molecule has 0 aliphatic carbocycles. The molecule has 2 saturated heterocycles. The first-order chi connectivity index (χ1) is 11.7. The highest BCUT2D eigenvalue weighted by Gasteiger charge is 2.47. The Labute approximate surface area is 142 Å². The molecule has 0 aromatic heterocycles. The van der Waals surface area contributed by atoms with Crippen molar-refractivity contribution in [3.05, 3.63) is 0 Å². The molecule has 2 aliphatic rings. The van der Waals surface area contributed by atoms with Gasteiger partial charge in [-0.3, -0.25) is 0 Å². The van der Waals surface area contributed by atoms with Gasteiger partial charge in [0, 0.05) is 0 Å². The molecule has 1 unspecified atom stereocenters. The van der Waals surface area contributed by atoms with E-state index in [1.165, 1.54) is 0 Å². The zero-order chi connectivity index (χ0) is 18.9. The van der Waals surface area contributed by atoms with Crippen molar-refractivity contribution in [1.29, 1.82) is 0 Å². The highest BCUT2D eigenvalue weighted by Crippen LogP contribution is 2.24. The molecule has 0 saturated carbocycles. The molecule has 11 atom stereocenters. The highest BCUT2D eigenvalue weighted by atomic mass is 16.7. The fourth-order valence-corrected chi connectivity index (χ4v) is 2.75. The summed E-state index contributed by atoms with van der Waals surface area (Å²) in [5.41, 5.74) is 5.67. The molecule has 10 N–H and O–H groups in total. The largest absolute Gasteiger partial charge is 0.394 e. The number of nitrogens with two attached hydrogens (primary N) is 1. The van der Waals surface area contributed by atoms with Crippen molar-refractivity contribution in [2.24, 2.45) is 5.73 Å². The number of aliphatic hydroxyl groups is 8. The monoisotopic (exact) mass is 371 g/mol. The summed E-state index contributed by atoms with van der Waals surface area (Å²) in [4.78, 5) is 0. The van der Waals surface area contributed by atoms with Crippen LogP contribution in [-0.4, -0.2) is 122 Å². The van der Waals surface area contributed by atoms with Gasteiger partial charge in [-0.2, -0.15) is 0 Å². The molecule has 148 valence electrons. The van der Waals surface area contributed by atoms with Gasteiger partial charge in [0.25, 0.3) is 0 Å². The first-order valence-corrected chi connectivity index (χ1v) is 7.74. The molecule has 2 aliphatic heterocycles. The van der Waals surface area contributed by atoms with Crippen LogP contribution in [0.5, 0.6) is 0 Å². The summed E-state index contributed by atoms with van der Waals surface area (Å²) in [7, 11) is 0. The molecule has 2 rings (SSSR count). The summed E-state index contributed by atoms with van der Waals surface area (Å²) in [6.45, 7) is -1.15. The maximum absolute atomic E-state index is 10.1. The van der Waals surface area contributed by atoms with Crippen molar-refractivity contribution in [3.63, 3.8) is 0 Å². The standard InChI is InChI=1S/C13H25NO11/c14-5-7(18)6(17)4(1-15)24-13(5)23-2-3(16)11-9(20)8(19)10(21)12(22)25-11/h3-13,15-22H,1-2,14H2/t3?,4-,5-,6-,7-,8+,9+,10+,11-,12+,13-/m1/s1. The minimum Gasteiger partial charge on any atom is -0.394 e. The zero-order valence-electron chi connectivity index (χ0n) is 13.1. The second kappa shape index (κ2) is 8.47. The van der Waals surface area contributed by atoms with Crippen LogP contribution in [0.2, 0.25) is 0 Å². The summed E-state index contributed by atoms with van der Waals surface area (Å²) in [6.07, 6.45) is -15.3. The maximum atomic E-state index is 10.1. The average molecular weight is 371 g/mol. The molecule has 0 spiro atoms. The predicted molar refractivity (Wildman–Crippen MR) is 76.6 cm³/mol. The highest BCUT2D eigenvalue weighted by molar-refractivity contribution is 4.93. The predicted octanol–water partition coefficient (Wildman–Crippen LogP) is -6.07. The van der Waals surface area contributed by atoms with E-state index in [1.54, 1.807) is 0 Å². The van der Waals surface area contributed by atoms with E-state index in [0.29, 0.717) is 0 Å². The van der Waals surface area contributed by atoms with Crippen molar-refractivity contribution >= 4 is 0 Å². The normalized spacial score (nSPS) is 49.8. The first-order valence-electron chi connectivity index (χ1n) is 7.74. The number of hydrogen-bond acceptors (Lipinski definition) is 12. The molecule has 2 fully saturated rings. The third-order valence-corrected chi connectivity index (χ3v) is 4.36. The fourth-order valence-electron chi connectivity index (χ4n) is 2.75. The number of aliphatic hydroxyl groups excluding tert-OH is 8. The van der Waals surface area contributed by atoms with Gasteiger partial charge in [-0.15, -0.1) is 0 Å². The molecular weight excluding hydrogens is 346 g/mol. The van der Waals surface area contributed by atoms with E-state index in [2.05, 4.69) is 0 Å². The van der Waals surface area contributed by atoms with Crippen molar-refractivity contribution in [2.75, 3.05) is 13.2 Å². The molecular formula is C13H25NO11. The van der Waals surface area contributed by atoms with Crippen LogP contribution in [-0.2, 0) is 14.2 Å². The zero-order valence-corrected chi connectivity index (χ0v) is 13.1. The molecule has 0 aromatic rings. The number of hydrogen-bond donors (Lipinski definition) is 9. The van der Waals surface area contributed by atoms with E-state index in [0.717, 1.165) is 0 Å². The molecule has 12 nitrogen and oxygen atoms in total. The lowest BCUT2D eigenvalue weighted by Gasteiger charge is -2.42. The number of rotatable bonds is 5. The van der Waals surface area contributed by atoms with Crippen LogP contribution in [0.1, 0.15) is 0 Å². The van der Waals surface area contributed by atoms with E-state index >= 15 is 0 Å². The Balaban J connectivity index is 1.93. The van der Waals surface area contributed by atoms with E-state index in [1.807, 2.05) is 0 Å². The van der Waals surface area contributed by atoms with Crippen molar-refractivity contribution in [2.45, 2.75) is 67.5 Å². The molecule has 0 bridgehead atoms. The van der Waals surface area contributed by atoms with Gasteiger partial charge in [0.2, 0.25) is 0 Å². The summed E-state index contributed by atoms with van der Waals surface area (Å²) in [5, 5.41) is 76.9. The van der Waals surface area contributed by atoms with Crippen LogP contribution < -0.4 is 5.73 Å². The van der Waals surface area contributed by atoms with Gasteiger partial charge < -0.3 is 60.8 Å². The van der Waals surface area contributed by atoms with Gasteiger partial charge in [0.1, 0.15) is 48.8 Å². The number of ether oxygens (including phenoxy) is 3. The van der Waals surface area contributed by atoms with Crippen LogP contribution in [0.4, 0.5) is 0 Å². The second-order valence-corrected chi connectivity index (χ2v) is 6.15. The Bertz CT molecular complexity index is 427. The van der Waals surface area contributed by atoms with Crippen LogP contribution in [0.15, 0.2) is 0 Å². The van der Waals surface area contributed by atoms with Crippen LogP contribution in [0.25, 0.3) is 0 Å². The summed E-state index contributed by atoms with van der Waals surface area (Å²) in [6, 6.07) is -1.18. The third kappa shape index (κ3) is 4.27. The molecule has 2 heterocycles. The first kappa shape index (κ1) is 20.8. The second-order valence-electron chi connectivity index (χ2n) is 6.15. The lowest BCUT2D eigenvalue weighted by Crippen LogP contribution is -2.63. The molecule has 0 aromatic carbocycles. The average Bonchev–Trinajstić information content (AvgIpc) is 2.60. The minimum absolute atomic E-state index is 0.545. The van der Waals surface area contributed by atoms with Gasteiger partial charge in [0.05, 0.1) is 19.3 Å². The smallest absolute Gasteiger partial charge is 0.184 e. The van der Waals surface area contributed by atoms with Crippen molar-refractivity contribution in [3.8, 4) is 0 Å². The minimum atomic E-state index is -1.82. The van der Waals surface area contributed by atoms with Crippen molar-refractivity contribution < 1.29 is 55.1 Å². The molecule has 25 heavy (non-hydrogen) atoms. The Morgan fingerprint density at radius 2 is 1.52 bits per heavy atom. The Morgan fingerprint density at radius 3 is 2.12 bits per heavy atom.